The van der Waals surface area contributed by atoms with Gasteiger partial charge in [-0.15, -0.1) is 0 Å². The number of aryl methyl sites for hydroxylation is 1. The average molecular weight is 313 g/mol. The number of hydrogen-bond acceptors (Lipinski definition) is 2. The van der Waals surface area contributed by atoms with Crippen molar-refractivity contribution in [3.63, 3.8) is 0 Å². The lowest BCUT2D eigenvalue weighted by Gasteiger charge is -2.10. The average Bonchev–Trinajstić information content (AvgIpc) is 2.39. The van der Waals surface area contributed by atoms with Gasteiger partial charge in [0.1, 0.15) is 5.82 Å². The quantitative estimate of drug-likeness (QED) is 0.813. The number of nitrogens with two attached hydrogens (primary N) is 1. The number of anilines is 2. The van der Waals surface area contributed by atoms with Gasteiger partial charge in [0.2, 0.25) is 0 Å². The Bertz CT molecular complexity index is 689. The molecule has 0 aliphatic heterocycles. The summed E-state index contributed by atoms with van der Waals surface area (Å²) in [7, 11) is 0. The van der Waals surface area contributed by atoms with Crippen LogP contribution in [-0.4, -0.2) is 5.91 Å². The minimum absolute atomic E-state index is 0.0920. The third-order valence-electron chi connectivity index (χ3n) is 2.75. The molecule has 0 bridgehead atoms. The third kappa shape index (κ3) is 3.03. The van der Waals surface area contributed by atoms with E-state index in [1.807, 2.05) is 0 Å². The zero-order valence-corrected chi connectivity index (χ0v) is 12.0. The molecular formula is C14H11Cl2FN2O. The second kappa shape index (κ2) is 5.69. The van der Waals surface area contributed by atoms with Gasteiger partial charge in [-0.3, -0.25) is 4.79 Å². The van der Waals surface area contributed by atoms with Crippen molar-refractivity contribution in [3.8, 4) is 0 Å². The fourth-order valence-electron chi connectivity index (χ4n) is 1.62. The van der Waals surface area contributed by atoms with Crippen LogP contribution in [0.3, 0.4) is 0 Å². The molecule has 0 aliphatic rings. The van der Waals surface area contributed by atoms with Crippen LogP contribution in [0, 0.1) is 12.7 Å². The van der Waals surface area contributed by atoms with Crippen molar-refractivity contribution in [2.45, 2.75) is 6.92 Å². The first-order valence-electron chi connectivity index (χ1n) is 5.70. The third-order valence-corrected chi connectivity index (χ3v) is 3.47. The van der Waals surface area contributed by atoms with Crippen LogP contribution in [-0.2, 0) is 0 Å². The number of hydrogen-bond donors (Lipinski definition) is 2. The van der Waals surface area contributed by atoms with Crippen molar-refractivity contribution in [2.75, 3.05) is 11.1 Å². The Balaban J connectivity index is 2.27. The van der Waals surface area contributed by atoms with Gasteiger partial charge in [-0.05, 0) is 42.8 Å². The SMILES string of the molecule is Cc1cc(Cl)c(NC(=O)c2ccc(F)c(N)c2)cc1Cl. The summed E-state index contributed by atoms with van der Waals surface area (Å²) in [5, 5.41) is 3.47. The molecule has 0 radical (unpaired) electrons. The van der Waals surface area contributed by atoms with Crippen LogP contribution in [0.5, 0.6) is 0 Å². The van der Waals surface area contributed by atoms with Crippen molar-refractivity contribution in [2.24, 2.45) is 0 Å². The van der Waals surface area contributed by atoms with Gasteiger partial charge in [-0.2, -0.15) is 0 Å². The Morgan fingerprint density at radius 3 is 2.55 bits per heavy atom. The van der Waals surface area contributed by atoms with Gasteiger partial charge in [0.25, 0.3) is 5.91 Å². The highest BCUT2D eigenvalue weighted by atomic mass is 35.5. The summed E-state index contributed by atoms with van der Waals surface area (Å²) in [4.78, 5) is 12.0. The van der Waals surface area contributed by atoms with Crippen molar-refractivity contribution >= 4 is 40.5 Å². The van der Waals surface area contributed by atoms with Gasteiger partial charge in [-0.25, -0.2) is 4.39 Å². The molecule has 3 N–H and O–H groups in total. The van der Waals surface area contributed by atoms with E-state index in [-0.39, 0.29) is 11.3 Å². The first-order valence-corrected chi connectivity index (χ1v) is 6.46. The number of halogens is 3. The van der Waals surface area contributed by atoms with E-state index in [0.29, 0.717) is 15.7 Å². The standard InChI is InChI=1S/C14H11Cl2FN2O/c1-7-4-10(16)13(6-9(7)15)19-14(20)8-2-3-11(17)12(18)5-8/h2-6H,18H2,1H3,(H,19,20). The number of amides is 1. The van der Waals surface area contributed by atoms with Crippen molar-refractivity contribution in [1.29, 1.82) is 0 Å². The van der Waals surface area contributed by atoms with E-state index in [1.165, 1.54) is 12.1 Å². The molecule has 0 saturated heterocycles. The number of nitrogen functional groups attached to an aromatic ring is 1. The summed E-state index contributed by atoms with van der Waals surface area (Å²) in [6.45, 7) is 1.81. The van der Waals surface area contributed by atoms with E-state index in [0.717, 1.165) is 11.6 Å². The molecule has 3 nitrogen and oxygen atoms in total. The van der Waals surface area contributed by atoms with E-state index in [4.69, 9.17) is 28.9 Å². The predicted octanol–water partition coefficient (Wildman–Crippen LogP) is 4.28. The van der Waals surface area contributed by atoms with E-state index in [9.17, 15) is 9.18 Å². The highest BCUT2D eigenvalue weighted by Gasteiger charge is 2.11. The molecule has 0 heterocycles. The second-order valence-electron chi connectivity index (χ2n) is 4.27. The molecule has 20 heavy (non-hydrogen) atoms. The molecule has 0 spiro atoms. The van der Waals surface area contributed by atoms with Crippen molar-refractivity contribution < 1.29 is 9.18 Å². The Hall–Kier alpha value is -1.78. The molecular weight excluding hydrogens is 302 g/mol. The summed E-state index contributed by atoms with van der Waals surface area (Å²) in [5.41, 5.74) is 6.76. The molecule has 2 rings (SSSR count). The van der Waals surface area contributed by atoms with E-state index < -0.39 is 11.7 Å². The van der Waals surface area contributed by atoms with Crippen LogP contribution in [0.1, 0.15) is 15.9 Å². The van der Waals surface area contributed by atoms with Crippen LogP contribution < -0.4 is 11.1 Å². The number of rotatable bonds is 2. The molecule has 2 aromatic rings. The lowest BCUT2D eigenvalue weighted by atomic mass is 10.1. The maximum Gasteiger partial charge on any atom is 0.255 e. The van der Waals surface area contributed by atoms with Crippen LogP contribution in [0.4, 0.5) is 15.8 Å². The first-order chi connectivity index (χ1) is 9.38. The van der Waals surface area contributed by atoms with Crippen LogP contribution in [0.25, 0.3) is 0 Å². The molecule has 2 aromatic carbocycles. The highest BCUT2D eigenvalue weighted by Crippen LogP contribution is 2.29. The van der Waals surface area contributed by atoms with Crippen LogP contribution in [0.15, 0.2) is 30.3 Å². The van der Waals surface area contributed by atoms with Gasteiger partial charge in [-0.1, -0.05) is 23.2 Å². The van der Waals surface area contributed by atoms with Crippen LogP contribution in [0.2, 0.25) is 10.0 Å². The van der Waals surface area contributed by atoms with Crippen molar-refractivity contribution in [1.82, 2.24) is 0 Å². The monoisotopic (exact) mass is 312 g/mol. The van der Waals surface area contributed by atoms with Gasteiger partial charge in [0, 0.05) is 10.6 Å². The number of benzene rings is 2. The number of carbonyl (C=O) groups is 1. The largest absolute Gasteiger partial charge is 0.396 e. The fraction of sp³-hybridized carbons (Fsp3) is 0.0714. The molecule has 0 aromatic heterocycles. The lowest BCUT2D eigenvalue weighted by molar-refractivity contribution is 0.102. The Kier molecular flexibility index (Phi) is 4.16. The minimum Gasteiger partial charge on any atom is -0.396 e. The number of carbonyl (C=O) groups excluding carboxylic acids is 1. The second-order valence-corrected chi connectivity index (χ2v) is 5.09. The zero-order chi connectivity index (χ0) is 14.9. The Morgan fingerprint density at radius 2 is 1.90 bits per heavy atom. The van der Waals surface area contributed by atoms with Gasteiger partial charge in [0.05, 0.1) is 16.4 Å². The van der Waals surface area contributed by atoms with Gasteiger partial charge in [0.15, 0.2) is 0 Å². The maximum absolute atomic E-state index is 13.1. The maximum atomic E-state index is 13.1. The summed E-state index contributed by atoms with van der Waals surface area (Å²) < 4.78 is 13.1. The highest BCUT2D eigenvalue weighted by molar-refractivity contribution is 6.36. The molecule has 0 aliphatic carbocycles. The Labute approximate surface area is 125 Å². The first kappa shape index (κ1) is 14.6. The fourth-order valence-corrected chi connectivity index (χ4v) is 2.05. The summed E-state index contributed by atoms with van der Waals surface area (Å²) in [5.74, 6) is -1.02. The van der Waals surface area contributed by atoms with Gasteiger partial charge >= 0.3 is 0 Å². The Morgan fingerprint density at radius 1 is 1.20 bits per heavy atom. The number of nitrogens with one attached hydrogen (secondary N) is 1. The molecule has 104 valence electrons. The molecule has 0 saturated carbocycles. The molecule has 1 amide bonds. The normalized spacial score (nSPS) is 10.4. The van der Waals surface area contributed by atoms with Gasteiger partial charge < -0.3 is 11.1 Å². The van der Waals surface area contributed by atoms with E-state index >= 15 is 0 Å². The van der Waals surface area contributed by atoms with E-state index in [2.05, 4.69) is 5.32 Å². The summed E-state index contributed by atoms with van der Waals surface area (Å²) >= 11 is 12.0. The van der Waals surface area contributed by atoms with E-state index in [1.54, 1.807) is 19.1 Å². The minimum atomic E-state index is -0.571. The molecule has 0 atom stereocenters. The summed E-state index contributed by atoms with van der Waals surface area (Å²) in [6.07, 6.45) is 0. The molecule has 0 fully saturated rings. The molecule has 6 heteroatoms. The topological polar surface area (TPSA) is 55.1 Å². The zero-order valence-electron chi connectivity index (χ0n) is 10.5. The lowest BCUT2D eigenvalue weighted by Crippen LogP contribution is -2.13. The summed E-state index contributed by atoms with van der Waals surface area (Å²) in [6, 6.07) is 6.94. The predicted molar refractivity (Wildman–Crippen MR) is 80.0 cm³/mol. The van der Waals surface area contributed by atoms with Crippen molar-refractivity contribution in [3.05, 3.63) is 57.3 Å². The molecule has 0 unspecified atom stereocenters. The smallest absolute Gasteiger partial charge is 0.255 e. The van der Waals surface area contributed by atoms with Crippen LogP contribution >= 0.6 is 23.2 Å².